The molecule has 5 nitrogen and oxygen atoms in total. The van der Waals surface area contributed by atoms with Gasteiger partial charge in [-0.15, -0.1) is 24.0 Å². The fourth-order valence-electron chi connectivity index (χ4n) is 2.92. The molecule has 0 aliphatic heterocycles. The van der Waals surface area contributed by atoms with Gasteiger partial charge in [-0.05, 0) is 60.9 Å². The molecule has 3 N–H and O–H groups in total. The van der Waals surface area contributed by atoms with E-state index in [1.165, 1.54) is 36.0 Å². The van der Waals surface area contributed by atoms with E-state index in [1.54, 1.807) is 0 Å². The maximum Gasteiger partial charge on any atom is 0.193 e. The van der Waals surface area contributed by atoms with Gasteiger partial charge in [0, 0.05) is 25.5 Å². The Morgan fingerprint density at radius 1 is 1.35 bits per heavy atom. The van der Waals surface area contributed by atoms with Crippen molar-refractivity contribution in [2.75, 3.05) is 11.9 Å². The monoisotopic (exact) mass is 425 g/mol. The maximum atomic E-state index is 5.96. The van der Waals surface area contributed by atoms with Gasteiger partial charge in [0.25, 0.3) is 0 Å². The average Bonchev–Trinajstić information content (AvgIpc) is 3.12. The molecule has 124 valence electrons. The largest absolute Gasteiger partial charge is 0.370 e. The number of hydrogen-bond donors (Lipinski definition) is 2. The SMILES string of the molecule is Cn1cc(CCCN=C(N)Nc2ccc3c(c2)CCC3)cn1.I. The van der Waals surface area contributed by atoms with Crippen molar-refractivity contribution in [2.24, 2.45) is 17.8 Å². The van der Waals surface area contributed by atoms with E-state index in [0.29, 0.717) is 5.96 Å². The first-order valence-corrected chi connectivity index (χ1v) is 7.87. The van der Waals surface area contributed by atoms with E-state index in [9.17, 15) is 0 Å². The van der Waals surface area contributed by atoms with Crippen LogP contribution in [0.15, 0.2) is 35.6 Å². The van der Waals surface area contributed by atoms with E-state index in [-0.39, 0.29) is 24.0 Å². The first kappa shape index (κ1) is 17.8. The predicted molar refractivity (Wildman–Crippen MR) is 106 cm³/mol. The second kappa shape index (κ2) is 8.33. The van der Waals surface area contributed by atoms with Gasteiger partial charge in [-0.2, -0.15) is 5.10 Å². The molecule has 1 aromatic heterocycles. The van der Waals surface area contributed by atoms with Gasteiger partial charge < -0.3 is 11.1 Å². The number of nitrogens with two attached hydrogens (primary N) is 1. The van der Waals surface area contributed by atoms with Crippen molar-refractivity contribution in [3.8, 4) is 0 Å². The minimum atomic E-state index is 0. The lowest BCUT2D eigenvalue weighted by Crippen LogP contribution is -2.23. The van der Waals surface area contributed by atoms with Crippen LogP contribution >= 0.6 is 24.0 Å². The molecule has 0 saturated carbocycles. The van der Waals surface area contributed by atoms with Crippen molar-refractivity contribution in [1.29, 1.82) is 0 Å². The van der Waals surface area contributed by atoms with Gasteiger partial charge in [0.15, 0.2) is 5.96 Å². The first-order valence-electron chi connectivity index (χ1n) is 7.87. The second-order valence-corrected chi connectivity index (χ2v) is 5.85. The fourth-order valence-corrected chi connectivity index (χ4v) is 2.92. The molecule has 0 unspecified atom stereocenters. The van der Waals surface area contributed by atoms with Gasteiger partial charge in [-0.3, -0.25) is 9.67 Å². The van der Waals surface area contributed by atoms with Crippen LogP contribution in [0.1, 0.15) is 29.5 Å². The van der Waals surface area contributed by atoms with Gasteiger partial charge in [0.05, 0.1) is 6.20 Å². The Bertz CT molecular complexity index is 677. The van der Waals surface area contributed by atoms with Crippen LogP contribution in [0.3, 0.4) is 0 Å². The van der Waals surface area contributed by atoms with Crippen molar-refractivity contribution < 1.29 is 0 Å². The van der Waals surface area contributed by atoms with E-state index < -0.39 is 0 Å². The molecule has 1 heterocycles. The number of fused-ring (bicyclic) bond motifs is 1. The minimum Gasteiger partial charge on any atom is -0.370 e. The Morgan fingerprint density at radius 3 is 2.96 bits per heavy atom. The van der Waals surface area contributed by atoms with Crippen LogP contribution in [-0.4, -0.2) is 22.3 Å². The fraction of sp³-hybridized carbons (Fsp3) is 0.412. The number of guanidine groups is 1. The molecule has 1 aliphatic rings. The number of anilines is 1. The van der Waals surface area contributed by atoms with Crippen molar-refractivity contribution in [3.05, 3.63) is 47.3 Å². The normalized spacial score (nSPS) is 13.5. The Balaban J connectivity index is 0.00000192. The van der Waals surface area contributed by atoms with Crippen LogP contribution in [0.5, 0.6) is 0 Å². The summed E-state index contributed by atoms with van der Waals surface area (Å²) in [6.45, 7) is 0.721. The molecule has 1 aromatic carbocycles. The van der Waals surface area contributed by atoms with Gasteiger partial charge in [-0.25, -0.2) is 0 Å². The summed E-state index contributed by atoms with van der Waals surface area (Å²) in [5, 5.41) is 7.34. The van der Waals surface area contributed by atoms with E-state index in [0.717, 1.165) is 25.1 Å². The summed E-state index contributed by atoms with van der Waals surface area (Å²) in [5.41, 5.74) is 11.1. The van der Waals surface area contributed by atoms with Crippen molar-refractivity contribution >= 4 is 35.6 Å². The highest BCUT2D eigenvalue weighted by Gasteiger charge is 2.10. The molecule has 0 radical (unpaired) electrons. The highest BCUT2D eigenvalue weighted by atomic mass is 127. The summed E-state index contributed by atoms with van der Waals surface area (Å²) < 4.78 is 1.82. The lowest BCUT2D eigenvalue weighted by atomic mass is 10.1. The minimum absolute atomic E-state index is 0. The molecule has 6 heteroatoms. The molecule has 1 aliphatic carbocycles. The van der Waals surface area contributed by atoms with E-state index >= 15 is 0 Å². The van der Waals surface area contributed by atoms with E-state index in [1.807, 2.05) is 24.1 Å². The zero-order chi connectivity index (χ0) is 15.4. The van der Waals surface area contributed by atoms with Crippen LogP contribution in [0.4, 0.5) is 5.69 Å². The highest BCUT2D eigenvalue weighted by Crippen LogP contribution is 2.24. The second-order valence-electron chi connectivity index (χ2n) is 5.85. The number of nitrogens with zero attached hydrogens (tertiary/aromatic N) is 3. The van der Waals surface area contributed by atoms with Crippen LogP contribution in [0.25, 0.3) is 0 Å². The summed E-state index contributed by atoms with van der Waals surface area (Å²) in [4.78, 5) is 4.39. The van der Waals surface area contributed by atoms with Crippen LogP contribution in [0.2, 0.25) is 0 Å². The van der Waals surface area contributed by atoms with Gasteiger partial charge in [-0.1, -0.05) is 6.07 Å². The van der Waals surface area contributed by atoms with Crippen molar-refractivity contribution in [2.45, 2.75) is 32.1 Å². The summed E-state index contributed by atoms with van der Waals surface area (Å²) in [7, 11) is 1.93. The van der Waals surface area contributed by atoms with Gasteiger partial charge >= 0.3 is 0 Å². The third kappa shape index (κ3) is 4.95. The third-order valence-electron chi connectivity index (χ3n) is 4.03. The molecule has 0 saturated heterocycles. The van der Waals surface area contributed by atoms with Crippen molar-refractivity contribution in [3.63, 3.8) is 0 Å². The number of benzene rings is 1. The molecule has 0 atom stereocenters. The van der Waals surface area contributed by atoms with Crippen LogP contribution in [-0.2, 0) is 26.3 Å². The first-order chi connectivity index (χ1) is 10.7. The summed E-state index contributed by atoms with van der Waals surface area (Å²) in [5.74, 6) is 0.490. The molecule has 3 rings (SSSR count). The Hall–Kier alpha value is -1.57. The van der Waals surface area contributed by atoms with Crippen LogP contribution < -0.4 is 11.1 Å². The lowest BCUT2D eigenvalue weighted by Gasteiger charge is -2.07. The number of aromatic nitrogens is 2. The molecular formula is C17H24IN5. The summed E-state index contributed by atoms with van der Waals surface area (Å²) in [6.07, 6.45) is 9.52. The van der Waals surface area contributed by atoms with E-state index in [2.05, 4.69) is 33.6 Å². The Labute approximate surface area is 154 Å². The van der Waals surface area contributed by atoms with Gasteiger partial charge in [0.1, 0.15) is 0 Å². The number of hydrogen-bond acceptors (Lipinski definition) is 2. The Kier molecular flexibility index (Phi) is 6.44. The van der Waals surface area contributed by atoms with Gasteiger partial charge in [0.2, 0.25) is 0 Å². The molecule has 0 fully saturated rings. The number of aryl methyl sites for hydroxylation is 4. The number of aliphatic imine (C=N–C) groups is 1. The standard InChI is InChI=1S/C17H23N5.HI/c1-22-12-13(11-20-22)4-3-9-19-17(18)21-16-8-7-14-5-2-6-15(14)10-16;/h7-8,10-12H,2-6,9H2,1H3,(H3,18,19,21);1H. The topological polar surface area (TPSA) is 68.2 Å². The smallest absolute Gasteiger partial charge is 0.193 e. The third-order valence-corrected chi connectivity index (χ3v) is 4.03. The molecular weight excluding hydrogens is 401 g/mol. The quantitative estimate of drug-likeness (QED) is 0.335. The molecule has 0 amide bonds. The summed E-state index contributed by atoms with van der Waals surface area (Å²) in [6, 6.07) is 6.48. The molecule has 2 aromatic rings. The molecule has 23 heavy (non-hydrogen) atoms. The number of halogens is 1. The average molecular weight is 425 g/mol. The molecule has 0 bridgehead atoms. The maximum absolute atomic E-state index is 5.96. The lowest BCUT2D eigenvalue weighted by molar-refractivity contribution is 0.765. The number of rotatable bonds is 5. The Morgan fingerprint density at radius 2 is 2.17 bits per heavy atom. The summed E-state index contributed by atoms with van der Waals surface area (Å²) >= 11 is 0. The van der Waals surface area contributed by atoms with Crippen LogP contribution in [0, 0.1) is 0 Å². The zero-order valence-corrected chi connectivity index (χ0v) is 15.8. The number of nitrogens with one attached hydrogen (secondary N) is 1. The highest BCUT2D eigenvalue weighted by molar-refractivity contribution is 14.0. The van der Waals surface area contributed by atoms with Crippen molar-refractivity contribution in [1.82, 2.24) is 9.78 Å². The predicted octanol–water partition coefficient (Wildman–Crippen LogP) is 2.89. The van der Waals surface area contributed by atoms with E-state index in [4.69, 9.17) is 5.73 Å². The zero-order valence-electron chi connectivity index (χ0n) is 13.5. The molecule has 0 spiro atoms.